The highest BCUT2D eigenvalue weighted by molar-refractivity contribution is 5.60. The van der Waals surface area contributed by atoms with Crippen molar-refractivity contribution < 1.29 is 4.39 Å². The molecule has 0 aliphatic rings. The van der Waals surface area contributed by atoms with Gasteiger partial charge in [-0.25, -0.2) is 4.39 Å². The summed E-state index contributed by atoms with van der Waals surface area (Å²) in [5.41, 5.74) is 7.41. The van der Waals surface area contributed by atoms with Gasteiger partial charge in [-0.2, -0.15) is 5.26 Å². The molecule has 0 unspecified atom stereocenters. The standard InChI is InChI=1S/C17H18FN3/c18-16-8-4-9-17(15(16)12-20)21(11-5-10-19)13-14-6-2-1-3-7-14/h1-4,6-9H,5,10-11,13,19H2. The summed E-state index contributed by atoms with van der Waals surface area (Å²) in [6.45, 7) is 1.87. The van der Waals surface area contributed by atoms with Crippen molar-refractivity contribution >= 4 is 5.69 Å². The maximum absolute atomic E-state index is 13.8. The number of hydrogen-bond acceptors (Lipinski definition) is 3. The molecule has 0 fully saturated rings. The summed E-state index contributed by atoms with van der Waals surface area (Å²) in [6.07, 6.45) is 0.786. The van der Waals surface area contributed by atoms with Crippen LogP contribution < -0.4 is 10.6 Å². The first-order chi connectivity index (χ1) is 10.3. The van der Waals surface area contributed by atoms with Crippen molar-refractivity contribution in [2.24, 2.45) is 5.73 Å². The highest BCUT2D eigenvalue weighted by Gasteiger charge is 2.14. The second kappa shape index (κ2) is 7.41. The Morgan fingerprint density at radius 1 is 1.10 bits per heavy atom. The van der Waals surface area contributed by atoms with E-state index in [1.807, 2.05) is 41.3 Å². The summed E-state index contributed by atoms with van der Waals surface area (Å²) in [5.74, 6) is -0.485. The second-order valence-corrected chi connectivity index (χ2v) is 4.80. The second-order valence-electron chi connectivity index (χ2n) is 4.80. The number of halogens is 1. The van der Waals surface area contributed by atoms with Gasteiger partial charge >= 0.3 is 0 Å². The minimum atomic E-state index is -0.485. The third-order valence-electron chi connectivity index (χ3n) is 3.29. The lowest BCUT2D eigenvalue weighted by Crippen LogP contribution is -2.26. The van der Waals surface area contributed by atoms with Crippen LogP contribution in [0.3, 0.4) is 0 Å². The highest BCUT2D eigenvalue weighted by atomic mass is 19.1. The van der Waals surface area contributed by atoms with Crippen molar-refractivity contribution in [3.05, 3.63) is 65.5 Å². The molecule has 0 aliphatic heterocycles. The van der Waals surface area contributed by atoms with Gasteiger partial charge in [0.15, 0.2) is 0 Å². The summed E-state index contributed by atoms with van der Waals surface area (Å²) in [5, 5.41) is 9.20. The van der Waals surface area contributed by atoms with Crippen LogP contribution in [-0.2, 0) is 6.54 Å². The summed E-state index contributed by atoms with van der Waals surface area (Å²) in [4.78, 5) is 2.00. The minimum Gasteiger partial charge on any atom is -0.366 e. The Labute approximate surface area is 124 Å². The molecular formula is C17H18FN3. The number of nitrogens with two attached hydrogens (primary N) is 1. The molecule has 4 heteroatoms. The molecule has 0 bridgehead atoms. The molecule has 0 amide bonds. The predicted octanol–water partition coefficient (Wildman–Crippen LogP) is 3.05. The van der Waals surface area contributed by atoms with Crippen molar-refractivity contribution in [3.63, 3.8) is 0 Å². The number of hydrogen-bond donors (Lipinski definition) is 1. The Balaban J connectivity index is 2.32. The van der Waals surface area contributed by atoms with Gasteiger partial charge in [0.25, 0.3) is 0 Å². The maximum Gasteiger partial charge on any atom is 0.143 e. The molecule has 2 rings (SSSR count). The van der Waals surface area contributed by atoms with E-state index in [-0.39, 0.29) is 5.56 Å². The Hall–Kier alpha value is -2.38. The molecule has 0 aliphatic carbocycles. The normalized spacial score (nSPS) is 10.1. The van der Waals surface area contributed by atoms with E-state index in [9.17, 15) is 9.65 Å². The molecule has 0 saturated heterocycles. The van der Waals surface area contributed by atoms with Gasteiger partial charge in [0.2, 0.25) is 0 Å². The number of rotatable bonds is 6. The molecule has 0 saturated carbocycles. The maximum atomic E-state index is 13.8. The van der Waals surface area contributed by atoms with E-state index >= 15 is 0 Å². The summed E-state index contributed by atoms with van der Waals surface area (Å²) >= 11 is 0. The van der Waals surface area contributed by atoms with Crippen molar-refractivity contribution in [2.75, 3.05) is 18.0 Å². The summed E-state index contributed by atoms with van der Waals surface area (Å²) in [7, 11) is 0. The van der Waals surface area contributed by atoms with Gasteiger partial charge in [0, 0.05) is 13.1 Å². The van der Waals surface area contributed by atoms with E-state index in [0.29, 0.717) is 25.3 Å². The largest absolute Gasteiger partial charge is 0.366 e. The van der Waals surface area contributed by atoms with Crippen LogP contribution >= 0.6 is 0 Å². The number of nitriles is 1. The van der Waals surface area contributed by atoms with Gasteiger partial charge < -0.3 is 10.6 Å². The zero-order valence-electron chi connectivity index (χ0n) is 11.8. The Morgan fingerprint density at radius 2 is 1.86 bits per heavy atom. The first-order valence-electron chi connectivity index (χ1n) is 6.94. The first-order valence-corrected chi connectivity index (χ1v) is 6.94. The zero-order valence-corrected chi connectivity index (χ0v) is 11.8. The van der Waals surface area contributed by atoms with Crippen molar-refractivity contribution in [3.8, 4) is 6.07 Å². The molecule has 0 radical (unpaired) electrons. The molecule has 21 heavy (non-hydrogen) atoms. The first kappa shape index (κ1) is 15.0. The van der Waals surface area contributed by atoms with Gasteiger partial charge in [-0.3, -0.25) is 0 Å². The Kier molecular flexibility index (Phi) is 5.30. The molecule has 2 aromatic rings. The average Bonchev–Trinajstić information content (AvgIpc) is 2.52. The monoisotopic (exact) mass is 283 g/mol. The van der Waals surface area contributed by atoms with Crippen molar-refractivity contribution in [2.45, 2.75) is 13.0 Å². The zero-order chi connectivity index (χ0) is 15.1. The van der Waals surface area contributed by atoms with Crippen LogP contribution in [0.2, 0.25) is 0 Å². The van der Waals surface area contributed by atoms with Crippen LogP contribution in [0.5, 0.6) is 0 Å². The third kappa shape index (κ3) is 3.80. The SMILES string of the molecule is N#Cc1c(F)cccc1N(CCCN)Cc1ccccc1. The van der Waals surface area contributed by atoms with Crippen molar-refractivity contribution in [1.82, 2.24) is 0 Å². The Morgan fingerprint density at radius 3 is 2.52 bits per heavy atom. The predicted molar refractivity (Wildman–Crippen MR) is 82.3 cm³/mol. The molecule has 0 atom stereocenters. The summed E-state index contributed by atoms with van der Waals surface area (Å²) < 4.78 is 13.8. The van der Waals surface area contributed by atoms with Crippen LogP contribution in [0.4, 0.5) is 10.1 Å². The van der Waals surface area contributed by atoms with E-state index in [2.05, 4.69) is 0 Å². The minimum absolute atomic E-state index is 0.0884. The molecule has 2 N–H and O–H groups in total. The lowest BCUT2D eigenvalue weighted by atomic mass is 10.1. The fourth-order valence-electron chi connectivity index (χ4n) is 2.26. The lowest BCUT2D eigenvalue weighted by Gasteiger charge is -2.26. The van der Waals surface area contributed by atoms with E-state index in [0.717, 1.165) is 12.0 Å². The van der Waals surface area contributed by atoms with Gasteiger partial charge in [0.05, 0.1) is 5.69 Å². The fraction of sp³-hybridized carbons (Fsp3) is 0.235. The topological polar surface area (TPSA) is 53.0 Å². The smallest absolute Gasteiger partial charge is 0.143 e. The molecular weight excluding hydrogens is 265 g/mol. The van der Waals surface area contributed by atoms with E-state index < -0.39 is 5.82 Å². The molecule has 108 valence electrons. The van der Waals surface area contributed by atoms with Crippen LogP contribution in [0.25, 0.3) is 0 Å². The quantitative estimate of drug-likeness (QED) is 0.886. The number of anilines is 1. The lowest BCUT2D eigenvalue weighted by molar-refractivity contribution is 0.621. The number of benzene rings is 2. The molecule has 3 nitrogen and oxygen atoms in total. The van der Waals surface area contributed by atoms with Gasteiger partial charge in [-0.15, -0.1) is 0 Å². The highest BCUT2D eigenvalue weighted by Crippen LogP contribution is 2.24. The fourth-order valence-corrected chi connectivity index (χ4v) is 2.26. The van der Waals surface area contributed by atoms with Gasteiger partial charge in [0.1, 0.15) is 17.4 Å². The van der Waals surface area contributed by atoms with E-state index in [1.54, 1.807) is 12.1 Å². The molecule has 0 spiro atoms. The van der Waals surface area contributed by atoms with Gasteiger partial charge in [-0.1, -0.05) is 36.4 Å². The van der Waals surface area contributed by atoms with Crippen LogP contribution in [-0.4, -0.2) is 13.1 Å². The van der Waals surface area contributed by atoms with Crippen molar-refractivity contribution in [1.29, 1.82) is 5.26 Å². The van der Waals surface area contributed by atoms with Crippen LogP contribution in [0.1, 0.15) is 17.5 Å². The third-order valence-corrected chi connectivity index (χ3v) is 3.29. The molecule has 0 heterocycles. The van der Waals surface area contributed by atoms with Crippen LogP contribution in [0.15, 0.2) is 48.5 Å². The van der Waals surface area contributed by atoms with Crippen LogP contribution in [0, 0.1) is 17.1 Å². The number of nitrogens with zero attached hydrogens (tertiary/aromatic N) is 2. The van der Waals surface area contributed by atoms with Gasteiger partial charge in [-0.05, 0) is 30.7 Å². The average molecular weight is 283 g/mol. The Bertz CT molecular complexity index is 620. The summed E-state index contributed by atoms with van der Waals surface area (Å²) in [6, 6.07) is 16.6. The van der Waals surface area contributed by atoms with E-state index in [1.165, 1.54) is 6.07 Å². The molecule has 0 aromatic heterocycles. The molecule has 2 aromatic carbocycles. The van der Waals surface area contributed by atoms with E-state index in [4.69, 9.17) is 5.73 Å².